The number of imidazole rings is 1. The van der Waals surface area contributed by atoms with Gasteiger partial charge in [0.2, 0.25) is 0 Å². The van der Waals surface area contributed by atoms with Crippen molar-refractivity contribution in [2.75, 3.05) is 6.61 Å². The van der Waals surface area contributed by atoms with Crippen molar-refractivity contribution in [2.45, 2.75) is 39.7 Å². The molecule has 0 aliphatic heterocycles. The van der Waals surface area contributed by atoms with Crippen molar-refractivity contribution in [1.82, 2.24) is 9.55 Å². The second kappa shape index (κ2) is 6.12. The number of nitrogens with zero attached hydrogens (tertiary/aromatic N) is 2. The molecule has 0 spiro atoms. The zero-order chi connectivity index (χ0) is 15.5. The number of ether oxygens (including phenoxy) is 1. The van der Waals surface area contributed by atoms with E-state index in [1.165, 1.54) is 5.56 Å². The van der Waals surface area contributed by atoms with Gasteiger partial charge in [-0.1, -0.05) is 45.0 Å². The normalized spacial score (nSPS) is 11.4. The van der Waals surface area contributed by atoms with Crippen LogP contribution in [-0.4, -0.2) is 22.1 Å². The molecule has 4 heteroatoms. The second-order valence-electron chi connectivity index (χ2n) is 6.04. The highest BCUT2D eigenvalue weighted by Gasteiger charge is 2.14. The SMILES string of the molecule is CCOC(=O)Cn1cncc1-c1ccc(C(C)(C)C)cc1. The zero-order valence-corrected chi connectivity index (χ0v) is 13.1. The largest absolute Gasteiger partial charge is 0.465 e. The number of hydrogen-bond acceptors (Lipinski definition) is 3. The maximum Gasteiger partial charge on any atom is 0.325 e. The van der Waals surface area contributed by atoms with Crippen molar-refractivity contribution < 1.29 is 9.53 Å². The van der Waals surface area contributed by atoms with Gasteiger partial charge in [0, 0.05) is 0 Å². The minimum absolute atomic E-state index is 0.129. The Kier molecular flexibility index (Phi) is 4.46. The van der Waals surface area contributed by atoms with Gasteiger partial charge in [-0.3, -0.25) is 4.79 Å². The van der Waals surface area contributed by atoms with E-state index in [1.807, 2.05) is 4.57 Å². The molecule has 1 aromatic carbocycles. The molecule has 2 aromatic rings. The highest BCUT2D eigenvalue weighted by Crippen LogP contribution is 2.26. The monoisotopic (exact) mass is 286 g/mol. The van der Waals surface area contributed by atoms with E-state index in [1.54, 1.807) is 19.4 Å². The van der Waals surface area contributed by atoms with Gasteiger partial charge in [0.25, 0.3) is 0 Å². The zero-order valence-electron chi connectivity index (χ0n) is 13.1. The Hall–Kier alpha value is -2.10. The lowest BCUT2D eigenvalue weighted by Crippen LogP contribution is -2.13. The van der Waals surface area contributed by atoms with Crippen molar-refractivity contribution in [3.63, 3.8) is 0 Å². The lowest BCUT2D eigenvalue weighted by molar-refractivity contribution is -0.143. The third kappa shape index (κ3) is 3.72. The average Bonchev–Trinajstić information content (AvgIpc) is 2.86. The number of carbonyl (C=O) groups is 1. The molecule has 0 bridgehead atoms. The van der Waals surface area contributed by atoms with E-state index in [0.29, 0.717) is 6.61 Å². The van der Waals surface area contributed by atoms with Crippen LogP contribution in [0.1, 0.15) is 33.3 Å². The van der Waals surface area contributed by atoms with Gasteiger partial charge >= 0.3 is 5.97 Å². The molecule has 0 unspecified atom stereocenters. The first-order valence-electron chi connectivity index (χ1n) is 7.18. The van der Waals surface area contributed by atoms with Crippen LogP contribution in [0.25, 0.3) is 11.3 Å². The predicted octanol–water partition coefficient (Wildman–Crippen LogP) is 3.41. The molecule has 21 heavy (non-hydrogen) atoms. The summed E-state index contributed by atoms with van der Waals surface area (Å²) in [6.07, 6.45) is 3.43. The van der Waals surface area contributed by atoms with Crippen LogP contribution in [0.2, 0.25) is 0 Å². The molecule has 0 aliphatic carbocycles. The molecule has 0 saturated carbocycles. The minimum atomic E-state index is -0.247. The summed E-state index contributed by atoms with van der Waals surface area (Å²) in [4.78, 5) is 15.7. The van der Waals surface area contributed by atoms with Crippen LogP contribution >= 0.6 is 0 Å². The van der Waals surface area contributed by atoms with Gasteiger partial charge in [0.05, 0.1) is 24.8 Å². The molecule has 0 atom stereocenters. The maximum absolute atomic E-state index is 11.6. The molecule has 2 rings (SSSR count). The van der Waals surface area contributed by atoms with Gasteiger partial charge in [-0.15, -0.1) is 0 Å². The molecule has 0 aliphatic rings. The van der Waals surface area contributed by atoms with Crippen LogP contribution in [0.3, 0.4) is 0 Å². The molecule has 1 aromatic heterocycles. The number of hydrogen-bond donors (Lipinski definition) is 0. The highest BCUT2D eigenvalue weighted by molar-refractivity contribution is 5.71. The topological polar surface area (TPSA) is 44.1 Å². The second-order valence-corrected chi connectivity index (χ2v) is 6.04. The fourth-order valence-electron chi connectivity index (χ4n) is 2.17. The Morgan fingerprint density at radius 1 is 1.24 bits per heavy atom. The van der Waals surface area contributed by atoms with Crippen molar-refractivity contribution in [3.05, 3.63) is 42.4 Å². The standard InChI is InChI=1S/C17H22N2O2/c1-5-21-16(20)11-19-12-18-10-15(19)13-6-8-14(9-7-13)17(2,3)4/h6-10,12H,5,11H2,1-4H3. The molecule has 4 nitrogen and oxygen atoms in total. The number of aromatic nitrogens is 2. The summed E-state index contributed by atoms with van der Waals surface area (Å²) in [7, 11) is 0. The summed E-state index contributed by atoms with van der Waals surface area (Å²) in [6.45, 7) is 8.94. The molecule has 1 heterocycles. The van der Waals surface area contributed by atoms with Crippen molar-refractivity contribution in [1.29, 1.82) is 0 Å². The third-order valence-corrected chi connectivity index (χ3v) is 3.36. The van der Waals surface area contributed by atoms with Crippen LogP contribution in [0.15, 0.2) is 36.8 Å². The van der Waals surface area contributed by atoms with Crippen LogP contribution < -0.4 is 0 Å². The van der Waals surface area contributed by atoms with E-state index in [9.17, 15) is 4.79 Å². The van der Waals surface area contributed by atoms with Gasteiger partial charge in [-0.25, -0.2) is 4.98 Å². The van der Waals surface area contributed by atoms with Gasteiger partial charge < -0.3 is 9.30 Å². The van der Waals surface area contributed by atoms with Crippen molar-refractivity contribution in [3.8, 4) is 11.3 Å². The maximum atomic E-state index is 11.6. The smallest absolute Gasteiger partial charge is 0.325 e. The van der Waals surface area contributed by atoms with E-state index in [-0.39, 0.29) is 17.9 Å². The summed E-state index contributed by atoms with van der Waals surface area (Å²) in [5.41, 5.74) is 3.37. The number of carbonyl (C=O) groups excluding carboxylic acids is 1. The average molecular weight is 286 g/mol. The van der Waals surface area contributed by atoms with E-state index in [4.69, 9.17) is 4.74 Å². The van der Waals surface area contributed by atoms with Crippen LogP contribution in [0.5, 0.6) is 0 Å². The molecule has 0 saturated heterocycles. The molecular weight excluding hydrogens is 264 g/mol. The summed E-state index contributed by atoms with van der Waals surface area (Å²) >= 11 is 0. The minimum Gasteiger partial charge on any atom is -0.465 e. The Labute approximate surface area is 125 Å². The summed E-state index contributed by atoms with van der Waals surface area (Å²) in [6, 6.07) is 8.38. The van der Waals surface area contributed by atoms with Gasteiger partial charge in [-0.2, -0.15) is 0 Å². The first-order chi connectivity index (χ1) is 9.91. The molecule has 0 radical (unpaired) electrons. The van der Waals surface area contributed by atoms with E-state index < -0.39 is 0 Å². The number of esters is 1. The van der Waals surface area contributed by atoms with Crippen LogP contribution in [-0.2, 0) is 21.5 Å². The lowest BCUT2D eigenvalue weighted by Gasteiger charge is -2.19. The van der Waals surface area contributed by atoms with Crippen LogP contribution in [0.4, 0.5) is 0 Å². The Morgan fingerprint density at radius 2 is 1.90 bits per heavy atom. The summed E-state index contributed by atoms with van der Waals surface area (Å²) in [5.74, 6) is -0.247. The third-order valence-electron chi connectivity index (χ3n) is 3.36. The van der Waals surface area contributed by atoms with Crippen molar-refractivity contribution >= 4 is 5.97 Å². The molecule has 112 valence electrons. The van der Waals surface area contributed by atoms with Crippen molar-refractivity contribution in [2.24, 2.45) is 0 Å². The fraction of sp³-hybridized carbons (Fsp3) is 0.412. The first kappa shape index (κ1) is 15.3. The Morgan fingerprint density at radius 3 is 2.48 bits per heavy atom. The van der Waals surface area contributed by atoms with E-state index in [2.05, 4.69) is 50.0 Å². The summed E-state index contributed by atoms with van der Waals surface area (Å²) < 4.78 is 6.79. The van der Waals surface area contributed by atoms with E-state index >= 15 is 0 Å². The fourth-order valence-corrected chi connectivity index (χ4v) is 2.17. The quantitative estimate of drug-likeness (QED) is 0.809. The molecule has 0 amide bonds. The molecular formula is C17H22N2O2. The van der Waals surface area contributed by atoms with Gasteiger partial charge in [-0.05, 0) is 23.5 Å². The lowest BCUT2D eigenvalue weighted by atomic mass is 9.86. The highest BCUT2D eigenvalue weighted by atomic mass is 16.5. The van der Waals surface area contributed by atoms with Gasteiger partial charge in [0.1, 0.15) is 6.54 Å². The van der Waals surface area contributed by atoms with E-state index in [0.717, 1.165) is 11.3 Å². The Bertz CT molecular complexity index is 606. The van der Waals surface area contributed by atoms with Gasteiger partial charge in [0.15, 0.2) is 0 Å². The number of rotatable bonds is 4. The predicted molar refractivity (Wildman–Crippen MR) is 83.0 cm³/mol. The molecule has 0 N–H and O–H groups in total. The summed E-state index contributed by atoms with van der Waals surface area (Å²) in [5, 5.41) is 0. The first-order valence-corrected chi connectivity index (χ1v) is 7.18. The van der Waals surface area contributed by atoms with Crippen LogP contribution in [0, 0.1) is 0 Å². The molecule has 0 fully saturated rings. The Balaban J connectivity index is 2.23. The number of benzene rings is 1.